The number of nitrogens with zero attached hydrogens (tertiary/aromatic N) is 1. The summed E-state index contributed by atoms with van der Waals surface area (Å²) >= 11 is 0. The maximum absolute atomic E-state index is 6.16. The van der Waals surface area contributed by atoms with E-state index in [0.29, 0.717) is 0 Å². The van der Waals surface area contributed by atoms with E-state index in [-0.39, 0.29) is 0 Å². The summed E-state index contributed by atoms with van der Waals surface area (Å²) in [6, 6.07) is 23.1. The molecule has 0 radical (unpaired) electrons. The summed E-state index contributed by atoms with van der Waals surface area (Å²) in [7, 11) is 3.37. The number of fused-ring (bicyclic) bond motifs is 2. The van der Waals surface area contributed by atoms with Gasteiger partial charge in [-0.2, -0.15) is 0 Å². The molecule has 0 aliphatic carbocycles. The lowest BCUT2D eigenvalue weighted by Crippen LogP contribution is -2.29. The fourth-order valence-electron chi connectivity index (χ4n) is 4.27. The van der Waals surface area contributed by atoms with Gasteiger partial charge in [0, 0.05) is 30.6 Å². The van der Waals surface area contributed by atoms with Crippen LogP contribution < -0.4 is 9.47 Å². The van der Waals surface area contributed by atoms with E-state index in [2.05, 4.69) is 47.4 Å². The van der Waals surface area contributed by atoms with Crippen molar-refractivity contribution in [3.8, 4) is 22.8 Å². The minimum absolute atomic E-state index is 0.777. The van der Waals surface area contributed by atoms with Crippen molar-refractivity contribution in [3.05, 3.63) is 83.4 Å². The Balaban J connectivity index is 1.43. The van der Waals surface area contributed by atoms with Crippen LogP contribution in [0.25, 0.3) is 22.3 Å². The molecule has 0 unspecified atom stereocenters. The van der Waals surface area contributed by atoms with Crippen molar-refractivity contribution in [2.45, 2.75) is 19.5 Å². The lowest BCUT2D eigenvalue weighted by atomic mass is 9.99. The summed E-state index contributed by atoms with van der Waals surface area (Å²) in [6.45, 7) is 2.95. The molecular formula is C26H25NO3. The van der Waals surface area contributed by atoms with Crippen LogP contribution >= 0.6 is 0 Å². The van der Waals surface area contributed by atoms with Gasteiger partial charge < -0.3 is 13.9 Å². The molecule has 4 nitrogen and oxygen atoms in total. The summed E-state index contributed by atoms with van der Waals surface area (Å²) in [6.07, 6.45) is 1.10. The zero-order valence-corrected chi connectivity index (χ0v) is 17.4. The fraction of sp³-hybridized carbons (Fsp3) is 0.231. The highest BCUT2D eigenvalue weighted by Gasteiger charge is 2.18. The topological polar surface area (TPSA) is 34.8 Å². The molecule has 4 aromatic rings. The third-order valence-corrected chi connectivity index (χ3v) is 5.85. The first-order valence-corrected chi connectivity index (χ1v) is 10.3. The van der Waals surface area contributed by atoms with Crippen LogP contribution in [0.1, 0.15) is 16.7 Å². The quantitative estimate of drug-likeness (QED) is 0.433. The SMILES string of the molecule is COc1ccc(-c2cc3cc(CN4CCc5ccccc5C4)cc(OC)c3o2)cc1. The van der Waals surface area contributed by atoms with Gasteiger partial charge in [0.25, 0.3) is 0 Å². The molecule has 1 aliphatic rings. The molecule has 4 heteroatoms. The van der Waals surface area contributed by atoms with Crippen LogP contribution in [0.2, 0.25) is 0 Å². The normalized spacial score (nSPS) is 13.9. The van der Waals surface area contributed by atoms with E-state index in [1.165, 1.54) is 16.7 Å². The molecule has 0 spiro atoms. The maximum Gasteiger partial charge on any atom is 0.176 e. The molecule has 152 valence electrons. The molecule has 2 heterocycles. The van der Waals surface area contributed by atoms with Crippen LogP contribution in [0.5, 0.6) is 11.5 Å². The highest BCUT2D eigenvalue weighted by Crippen LogP contribution is 2.35. The van der Waals surface area contributed by atoms with Gasteiger partial charge in [0.1, 0.15) is 11.5 Å². The molecule has 30 heavy (non-hydrogen) atoms. The largest absolute Gasteiger partial charge is 0.497 e. The van der Waals surface area contributed by atoms with E-state index >= 15 is 0 Å². The van der Waals surface area contributed by atoms with Crippen molar-refractivity contribution in [1.82, 2.24) is 4.90 Å². The zero-order chi connectivity index (χ0) is 20.5. The van der Waals surface area contributed by atoms with Crippen molar-refractivity contribution in [2.24, 2.45) is 0 Å². The number of hydrogen-bond donors (Lipinski definition) is 0. The summed E-state index contributed by atoms with van der Waals surface area (Å²) in [5.41, 5.74) is 5.95. The van der Waals surface area contributed by atoms with Crippen LogP contribution in [0.15, 0.2) is 71.1 Å². The van der Waals surface area contributed by atoms with E-state index < -0.39 is 0 Å². The summed E-state index contributed by atoms with van der Waals surface area (Å²) < 4.78 is 17.1. The molecule has 0 saturated heterocycles. The summed E-state index contributed by atoms with van der Waals surface area (Å²) in [5.74, 6) is 2.44. The minimum Gasteiger partial charge on any atom is -0.497 e. The number of ether oxygens (including phenoxy) is 2. The Hall–Kier alpha value is -3.24. The fourth-order valence-corrected chi connectivity index (χ4v) is 4.27. The average molecular weight is 399 g/mol. The van der Waals surface area contributed by atoms with Crippen molar-refractivity contribution in [3.63, 3.8) is 0 Å². The zero-order valence-electron chi connectivity index (χ0n) is 17.4. The Bertz CT molecular complexity index is 1180. The molecule has 0 saturated carbocycles. The Labute approximate surface area is 176 Å². The van der Waals surface area contributed by atoms with Gasteiger partial charge in [0.05, 0.1) is 14.2 Å². The third kappa shape index (κ3) is 3.55. The standard InChI is InChI=1S/C26H25NO3/c1-28-23-9-7-20(8-10-23)24-15-22-13-18(14-25(29-2)26(22)30-24)16-27-12-11-19-5-3-4-6-21(19)17-27/h3-10,13-15H,11-12,16-17H2,1-2H3. The predicted molar refractivity (Wildman–Crippen MR) is 119 cm³/mol. The van der Waals surface area contributed by atoms with Crippen molar-refractivity contribution >= 4 is 11.0 Å². The monoisotopic (exact) mass is 399 g/mol. The second kappa shape index (κ2) is 7.88. The molecule has 1 aliphatic heterocycles. The van der Waals surface area contributed by atoms with Gasteiger partial charge in [-0.3, -0.25) is 4.90 Å². The van der Waals surface area contributed by atoms with Crippen molar-refractivity contribution in [2.75, 3.05) is 20.8 Å². The molecule has 0 fully saturated rings. The van der Waals surface area contributed by atoms with E-state index in [0.717, 1.165) is 59.8 Å². The number of hydrogen-bond acceptors (Lipinski definition) is 4. The average Bonchev–Trinajstić information content (AvgIpc) is 3.22. The van der Waals surface area contributed by atoms with Gasteiger partial charge in [-0.15, -0.1) is 0 Å². The van der Waals surface area contributed by atoms with Gasteiger partial charge in [0.15, 0.2) is 11.3 Å². The molecular weight excluding hydrogens is 374 g/mol. The van der Waals surface area contributed by atoms with Crippen LogP contribution in [-0.4, -0.2) is 25.7 Å². The number of furan rings is 1. The van der Waals surface area contributed by atoms with Gasteiger partial charge in [0.2, 0.25) is 0 Å². The van der Waals surface area contributed by atoms with Crippen molar-refractivity contribution in [1.29, 1.82) is 0 Å². The Kier molecular flexibility index (Phi) is 4.93. The lowest BCUT2D eigenvalue weighted by Gasteiger charge is -2.28. The minimum atomic E-state index is 0.777. The number of rotatable bonds is 5. The van der Waals surface area contributed by atoms with Crippen molar-refractivity contribution < 1.29 is 13.9 Å². The number of methoxy groups -OCH3 is 2. The number of benzene rings is 3. The highest BCUT2D eigenvalue weighted by molar-refractivity contribution is 5.88. The van der Waals surface area contributed by atoms with Crippen LogP contribution in [-0.2, 0) is 19.5 Å². The Morgan fingerprint density at radius 1 is 0.900 bits per heavy atom. The van der Waals surface area contributed by atoms with Crippen LogP contribution in [0, 0.1) is 0 Å². The second-order valence-corrected chi connectivity index (χ2v) is 7.78. The second-order valence-electron chi connectivity index (χ2n) is 7.78. The molecule has 0 amide bonds. The van der Waals surface area contributed by atoms with Gasteiger partial charge in [-0.1, -0.05) is 24.3 Å². The van der Waals surface area contributed by atoms with E-state index in [1.54, 1.807) is 14.2 Å². The molecule has 1 aromatic heterocycles. The van der Waals surface area contributed by atoms with Gasteiger partial charge in [-0.05, 0) is 65.6 Å². The first-order valence-electron chi connectivity index (χ1n) is 10.3. The summed E-state index contributed by atoms with van der Waals surface area (Å²) in [5, 5.41) is 1.06. The van der Waals surface area contributed by atoms with E-state index in [9.17, 15) is 0 Å². The smallest absolute Gasteiger partial charge is 0.176 e. The maximum atomic E-state index is 6.16. The third-order valence-electron chi connectivity index (χ3n) is 5.85. The molecule has 5 rings (SSSR count). The first kappa shape index (κ1) is 18.8. The molecule has 0 N–H and O–H groups in total. The van der Waals surface area contributed by atoms with Crippen LogP contribution in [0.4, 0.5) is 0 Å². The first-order chi connectivity index (χ1) is 14.7. The van der Waals surface area contributed by atoms with Gasteiger partial charge in [-0.25, -0.2) is 0 Å². The Morgan fingerprint density at radius 3 is 2.47 bits per heavy atom. The van der Waals surface area contributed by atoms with Gasteiger partial charge >= 0.3 is 0 Å². The highest BCUT2D eigenvalue weighted by atomic mass is 16.5. The van der Waals surface area contributed by atoms with E-state index in [1.807, 2.05) is 24.3 Å². The molecule has 3 aromatic carbocycles. The van der Waals surface area contributed by atoms with Crippen LogP contribution in [0.3, 0.4) is 0 Å². The van der Waals surface area contributed by atoms with E-state index in [4.69, 9.17) is 13.9 Å². The molecule has 0 bridgehead atoms. The summed E-state index contributed by atoms with van der Waals surface area (Å²) in [4.78, 5) is 2.49. The Morgan fingerprint density at radius 2 is 1.70 bits per heavy atom. The lowest BCUT2D eigenvalue weighted by molar-refractivity contribution is 0.245. The predicted octanol–water partition coefficient (Wildman–Crippen LogP) is 5.68. The molecule has 0 atom stereocenters.